The molecule has 0 aliphatic carbocycles. The van der Waals surface area contributed by atoms with Gasteiger partial charge in [-0.3, -0.25) is 4.79 Å². The molecule has 18 heavy (non-hydrogen) atoms. The molecule has 5 heteroatoms. The molecule has 5 nitrogen and oxygen atoms in total. The molecular weight excluding hydrogens is 228 g/mol. The van der Waals surface area contributed by atoms with Crippen molar-refractivity contribution in [3.05, 3.63) is 23.8 Å². The van der Waals surface area contributed by atoms with Gasteiger partial charge in [-0.15, -0.1) is 0 Å². The number of rotatable bonds is 1. The van der Waals surface area contributed by atoms with Crippen molar-refractivity contribution in [3.8, 4) is 0 Å². The van der Waals surface area contributed by atoms with Gasteiger partial charge < -0.3 is 4.90 Å². The van der Waals surface area contributed by atoms with E-state index in [0.29, 0.717) is 11.1 Å². The number of benzene rings is 1. The maximum atomic E-state index is 12.5. The van der Waals surface area contributed by atoms with Gasteiger partial charge in [-0.2, -0.15) is 15.4 Å². The first kappa shape index (κ1) is 11.2. The second-order valence-corrected chi connectivity index (χ2v) is 4.70. The third kappa shape index (κ3) is 1.96. The molecule has 0 radical (unpaired) electrons. The Morgan fingerprint density at radius 2 is 1.89 bits per heavy atom. The van der Waals surface area contributed by atoms with Gasteiger partial charge in [-0.25, -0.2) is 0 Å². The van der Waals surface area contributed by atoms with Crippen LogP contribution in [0.4, 0.5) is 0 Å². The second kappa shape index (κ2) is 4.76. The van der Waals surface area contributed by atoms with E-state index in [1.807, 2.05) is 23.1 Å². The zero-order valence-corrected chi connectivity index (χ0v) is 10.2. The summed E-state index contributed by atoms with van der Waals surface area (Å²) >= 11 is 0. The topological polar surface area (TPSA) is 61.9 Å². The fourth-order valence-electron chi connectivity index (χ4n) is 2.48. The Hall–Kier alpha value is -1.91. The molecule has 1 aliphatic rings. The van der Waals surface area contributed by atoms with E-state index in [4.69, 9.17) is 0 Å². The van der Waals surface area contributed by atoms with Gasteiger partial charge in [0.15, 0.2) is 0 Å². The van der Waals surface area contributed by atoms with E-state index in [0.717, 1.165) is 31.4 Å². The van der Waals surface area contributed by atoms with E-state index in [2.05, 4.69) is 15.4 Å². The molecule has 1 N–H and O–H groups in total. The Labute approximate surface area is 105 Å². The first-order chi connectivity index (χ1) is 8.86. The number of nitrogens with one attached hydrogen (secondary N) is 1. The van der Waals surface area contributed by atoms with E-state index in [1.54, 1.807) is 0 Å². The van der Waals surface area contributed by atoms with Crippen LogP contribution in [0.1, 0.15) is 36.0 Å². The van der Waals surface area contributed by atoms with Crippen LogP contribution in [-0.4, -0.2) is 39.3 Å². The van der Waals surface area contributed by atoms with Gasteiger partial charge in [-0.05, 0) is 25.0 Å². The van der Waals surface area contributed by atoms with Crippen molar-refractivity contribution in [2.45, 2.75) is 25.7 Å². The van der Waals surface area contributed by atoms with Crippen molar-refractivity contribution < 1.29 is 4.79 Å². The fourth-order valence-corrected chi connectivity index (χ4v) is 2.48. The number of aromatic nitrogens is 3. The lowest BCUT2D eigenvalue weighted by Gasteiger charge is -2.20. The van der Waals surface area contributed by atoms with Crippen LogP contribution in [0.15, 0.2) is 18.2 Å². The normalized spacial score (nSPS) is 16.8. The minimum Gasteiger partial charge on any atom is -0.339 e. The molecular formula is C13H16N4O. The van der Waals surface area contributed by atoms with Crippen LogP contribution >= 0.6 is 0 Å². The van der Waals surface area contributed by atoms with Crippen molar-refractivity contribution in [1.82, 2.24) is 20.3 Å². The largest absolute Gasteiger partial charge is 0.339 e. The summed E-state index contributed by atoms with van der Waals surface area (Å²) in [6.45, 7) is 1.71. The number of hydrogen-bond donors (Lipinski definition) is 1. The number of hydrogen-bond acceptors (Lipinski definition) is 3. The van der Waals surface area contributed by atoms with E-state index in [1.165, 1.54) is 12.8 Å². The fraction of sp³-hybridized carbons (Fsp3) is 0.462. The highest BCUT2D eigenvalue weighted by molar-refractivity contribution is 6.04. The van der Waals surface area contributed by atoms with Crippen LogP contribution in [-0.2, 0) is 0 Å². The van der Waals surface area contributed by atoms with Gasteiger partial charge in [0.05, 0.1) is 5.56 Å². The lowest BCUT2D eigenvalue weighted by molar-refractivity contribution is 0.0763. The monoisotopic (exact) mass is 244 g/mol. The zero-order valence-electron chi connectivity index (χ0n) is 10.2. The van der Waals surface area contributed by atoms with Crippen LogP contribution in [0.25, 0.3) is 11.0 Å². The smallest absolute Gasteiger partial charge is 0.256 e. The Bertz CT molecular complexity index is 555. The Morgan fingerprint density at radius 1 is 1.11 bits per heavy atom. The number of likely N-dealkylation sites (tertiary alicyclic amines) is 1. The first-order valence-electron chi connectivity index (χ1n) is 6.45. The average molecular weight is 244 g/mol. The summed E-state index contributed by atoms with van der Waals surface area (Å²) in [5.41, 5.74) is 2.07. The molecule has 1 aliphatic heterocycles. The van der Waals surface area contributed by atoms with E-state index < -0.39 is 0 Å². The highest BCUT2D eigenvalue weighted by Crippen LogP contribution is 2.18. The number of amides is 1. The molecule has 1 aromatic heterocycles. The van der Waals surface area contributed by atoms with Gasteiger partial charge >= 0.3 is 0 Å². The summed E-state index contributed by atoms with van der Waals surface area (Å²) < 4.78 is 0. The molecule has 2 heterocycles. The van der Waals surface area contributed by atoms with E-state index in [-0.39, 0.29) is 5.91 Å². The Kier molecular flexibility index (Phi) is 2.96. The van der Waals surface area contributed by atoms with Gasteiger partial charge in [0.25, 0.3) is 5.91 Å². The van der Waals surface area contributed by atoms with E-state index >= 15 is 0 Å². The number of nitrogens with zero attached hydrogens (tertiary/aromatic N) is 3. The molecule has 0 atom stereocenters. The van der Waals surface area contributed by atoms with Gasteiger partial charge in [0, 0.05) is 13.1 Å². The van der Waals surface area contributed by atoms with Crippen LogP contribution in [0, 0.1) is 0 Å². The maximum absolute atomic E-state index is 12.5. The molecule has 94 valence electrons. The first-order valence-corrected chi connectivity index (χ1v) is 6.45. The molecule has 2 aromatic rings. The van der Waals surface area contributed by atoms with Crippen molar-refractivity contribution in [1.29, 1.82) is 0 Å². The summed E-state index contributed by atoms with van der Waals surface area (Å²) in [5, 5.41) is 10.7. The number of aromatic amines is 1. The minimum absolute atomic E-state index is 0.0800. The molecule has 1 fully saturated rings. The summed E-state index contributed by atoms with van der Waals surface area (Å²) in [4.78, 5) is 14.4. The average Bonchev–Trinajstić information content (AvgIpc) is 2.71. The predicted octanol–water partition coefficient (Wildman–Crippen LogP) is 1.97. The van der Waals surface area contributed by atoms with Gasteiger partial charge in [0.1, 0.15) is 11.0 Å². The quantitative estimate of drug-likeness (QED) is 0.834. The highest BCUT2D eigenvalue weighted by atomic mass is 16.2. The SMILES string of the molecule is O=C(c1cccc2n[nH]nc12)N1CCCCCC1. The predicted molar refractivity (Wildman–Crippen MR) is 68.3 cm³/mol. The molecule has 1 amide bonds. The van der Waals surface area contributed by atoms with Crippen LogP contribution < -0.4 is 0 Å². The Balaban J connectivity index is 1.93. The number of para-hydroxylation sites is 1. The summed E-state index contributed by atoms with van der Waals surface area (Å²) in [6, 6.07) is 5.55. The molecule has 3 rings (SSSR count). The lowest BCUT2D eigenvalue weighted by Crippen LogP contribution is -2.31. The van der Waals surface area contributed by atoms with Gasteiger partial charge in [-0.1, -0.05) is 18.9 Å². The third-order valence-corrected chi connectivity index (χ3v) is 3.47. The van der Waals surface area contributed by atoms with Gasteiger partial charge in [0.2, 0.25) is 0 Å². The maximum Gasteiger partial charge on any atom is 0.256 e. The number of carbonyl (C=O) groups excluding carboxylic acids is 1. The minimum atomic E-state index is 0.0800. The standard InChI is InChI=1S/C13H16N4O/c18-13(17-8-3-1-2-4-9-17)10-6-5-7-11-12(10)15-16-14-11/h5-7H,1-4,8-9H2,(H,14,15,16). The summed E-state index contributed by atoms with van der Waals surface area (Å²) in [6.07, 6.45) is 4.64. The van der Waals surface area contributed by atoms with Crippen LogP contribution in [0.2, 0.25) is 0 Å². The molecule has 1 aromatic carbocycles. The van der Waals surface area contributed by atoms with Crippen molar-refractivity contribution in [2.24, 2.45) is 0 Å². The van der Waals surface area contributed by atoms with Crippen molar-refractivity contribution >= 4 is 16.9 Å². The van der Waals surface area contributed by atoms with Crippen LogP contribution in [0.5, 0.6) is 0 Å². The number of carbonyl (C=O) groups is 1. The zero-order chi connectivity index (χ0) is 12.4. The van der Waals surface area contributed by atoms with Crippen molar-refractivity contribution in [3.63, 3.8) is 0 Å². The van der Waals surface area contributed by atoms with E-state index in [9.17, 15) is 4.79 Å². The summed E-state index contributed by atoms with van der Waals surface area (Å²) in [5.74, 6) is 0.0800. The van der Waals surface area contributed by atoms with Crippen molar-refractivity contribution in [2.75, 3.05) is 13.1 Å². The molecule has 0 bridgehead atoms. The molecule has 0 unspecified atom stereocenters. The highest BCUT2D eigenvalue weighted by Gasteiger charge is 2.20. The molecule has 1 saturated heterocycles. The molecule has 0 spiro atoms. The Morgan fingerprint density at radius 3 is 2.67 bits per heavy atom. The second-order valence-electron chi connectivity index (χ2n) is 4.70. The van der Waals surface area contributed by atoms with Crippen LogP contribution in [0.3, 0.4) is 0 Å². The summed E-state index contributed by atoms with van der Waals surface area (Å²) in [7, 11) is 0. The number of H-pyrrole nitrogens is 1. The third-order valence-electron chi connectivity index (χ3n) is 3.47. The lowest BCUT2D eigenvalue weighted by atomic mass is 10.1. The number of fused-ring (bicyclic) bond motifs is 1. The molecule has 0 saturated carbocycles.